The van der Waals surface area contributed by atoms with Gasteiger partial charge < -0.3 is 15.0 Å². The van der Waals surface area contributed by atoms with Crippen LogP contribution in [0.5, 0.6) is 5.75 Å². The molecule has 0 aromatic heterocycles. The molecule has 0 aliphatic carbocycles. The molecule has 0 radical (unpaired) electrons. The first kappa shape index (κ1) is 12.9. The quantitative estimate of drug-likeness (QED) is 0.867. The summed E-state index contributed by atoms with van der Waals surface area (Å²) >= 11 is 0. The van der Waals surface area contributed by atoms with Crippen LogP contribution in [0.4, 0.5) is 5.69 Å². The van der Waals surface area contributed by atoms with Gasteiger partial charge in [0.2, 0.25) is 5.91 Å². The Hall–Kier alpha value is -1.55. The lowest BCUT2D eigenvalue weighted by molar-refractivity contribution is -0.120. The molecule has 18 heavy (non-hydrogen) atoms. The maximum Gasteiger partial charge on any atom is 0.243 e. The normalized spacial score (nSPS) is 21.3. The Bertz CT molecular complexity index is 403. The van der Waals surface area contributed by atoms with E-state index < -0.39 is 0 Å². The van der Waals surface area contributed by atoms with Gasteiger partial charge in [-0.2, -0.15) is 0 Å². The summed E-state index contributed by atoms with van der Waals surface area (Å²) < 4.78 is 5.13. The van der Waals surface area contributed by atoms with Gasteiger partial charge in [-0.05, 0) is 50.6 Å². The van der Waals surface area contributed by atoms with Crippen molar-refractivity contribution in [1.82, 2.24) is 5.32 Å². The van der Waals surface area contributed by atoms with Gasteiger partial charge in [-0.15, -0.1) is 0 Å². The molecule has 1 fully saturated rings. The van der Waals surface area contributed by atoms with Gasteiger partial charge in [0, 0.05) is 12.2 Å². The number of carbonyl (C=O) groups excluding carboxylic acids is 1. The van der Waals surface area contributed by atoms with Crippen molar-refractivity contribution in [3.05, 3.63) is 24.3 Å². The van der Waals surface area contributed by atoms with E-state index in [1.54, 1.807) is 7.11 Å². The summed E-state index contributed by atoms with van der Waals surface area (Å²) in [7, 11) is 1.64. The van der Waals surface area contributed by atoms with E-state index in [4.69, 9.17) is 4.74 Å². The fourth-order valence-corrected chi connectivity index (χ4v) is 2.16. The first-order chi connectivity index (χ1) is 8.72. The summed E-state index contributed by atoms with van der Waals surface area (Å²) in [6, 6.07) is 7.53. The van der Waals surface area contributed by atoms with Gasteiger partial charge in [-0.1, -0.05) is 0 Å². The molecule has 2 rings (SSSR count). The zero-order valence-electron chi connectivity index (χ0n) is 11.0. The predicted molar refractivity (Wildman–Crippen MR) is 72.0 cm³/mol. The third-order valence-electron chi connectivity index (χ3n) is 3.28. The first-order valence-electron chi connectivity index (χ1n) is 6.41. The number of carbonyl (C=O) groups is 1. The lowest BCUT2D eigenvalue weighted by Crippen LogP contribution is -2.47. The maximum atomic E-state index is 12.3. The largest absolute Gasteiger partial charge is 0.497 e. The van der Waals surface area contributed by atoms with Crippen LogP contribution in [0.25, 0.3) is 0 Å². The Balaban J connectivity index is 2.19. The number of ether oxygens (including phenoxy) is 1. The van der Waals surface area contributed by atoms with Crippen LogP contribution < -0.4 is 15.0 Å². The minimum atomic E-state index is -0.118. The van der Waals surface area contributed by atoms with Crippen LogP contribution in [0.3, 0.4) is 0 Å². The standard InChI is InChI=1S/C14H20N2O2/c1-11-14(17)16(10-4-3-9-15-11)12-5-7-13(18-2)8-6-12/h5-8,11,15H,3-4,9-10H2,1-2H3. The second-order valence-electron chi connectivity index (χ2n) is 4.57. The molecule has 1 N–H and O–H groups in total. The van der Waals surface area contributed by atoms with Crippen molar-refractivity contribution in [2.75, 3.05) is 25.1 Å². The van der Waals surface area contributed by atoms with E-state index in [0.717, 1.165) is 37.4 Å². The van der Waals surface area contributed by atoms with E-state index >= 15 is 0 Å². The van der Waals surface area contributed by atoms with Crippen molar-refractivity contribution >= 4 is 11.6 Å². The van der Waals surface area contributed by atoms with E-state index in [-0.39, 0.29) is 11.9 Å². The molecular weight excluding hydrogens is 228 g/mol. The SMILES string of the molecule is COc1ccc(N2CCCCNC(C)C2=O)cc1. The molecule has 4 nitrogen and oxygen atoms in total. The highest BCUT2D eigenvalue weighted by Gasteiger charge is 2.22. The number of benzene rings is 1. The molecule has 98 valence electrons. The molecular formula is C14H20N2O2. The van der Waals surface area contributed by atoms with Crippen molar-refractivity contribution in [2.45, 2.75) is 25.8 Å². The zero-order chi connectivity index (χ0) is 13.0. The number of rotatable bonds is 2. The summed E-state index contributed by atoms with van der Waals surface area (Å²) in [5.41, 5.74) is 0.941. The van der Waals surface area contributed by atoms with E-state index in [2.05, 4.69) is 5.32 Å². The molecule has 1 aromatic carbocycles. The highest BCUT2D eigenvalue weighted by Crippen LogP contribution is 2.21. The molecule has 0 bridgehead atoms. The smallest absolute Gasteiger partial charge is 0.243 e. The minimum absolute atomic E-state index is 0.118. The number of nitrogens with one attached hydrogen (secondary N) is 1. The van der Waals surface area contributed by atoms with Gasteiger partial charge in [0.15, 0.2) is 0 Å². The Morgan fingerprint density at radius 3 is 2.67 bits per heavy atom. The number of methoxy groups -OCH3 is 1. The lowest BCUT2D eigenvalue weighted by atomic mass is 10.1. The van der Waals surface area contributed by atoms with Crippen LogP contribution in [-0.4, -0.2) is 32.1 Å². The average molecular weight is 248 g/mol. The first-order valence-corrected chi connectivity index (χ1v) is 6.41. The fraction of sp³-hybridized carbons (Fsp3) is 0.500. The molecule has 4 heteroatoms. The van der Waals surface area contributed by atoms with Gasteiger partial charge in [0.25, 0.3) is 0 Å². The number of hydrogen-bond acceptors (Lipinski definition) is 3. The lowest BCUT2D eigenvalue weighted by Gasteiger charge is -2.29. The van der Waals surface area contributed by atoms with Crippen LogP contribution in [0, 0.1) is 0 Å². The molecule has 1 atom stereocenters. The Labute approximate surface area is 108 Å². The van der Waals surface area contributed by atoms with Gasteiger partial charge in [-0.3, -0.25) is 4.79 Å². The van der Waals surface area contributed by atoms with E-state index in [9.17, 15) is 4.79 Å². The fourth-order valence-electron chi connectivity index (χ4n) is 2.16. The molecule has 1 heterocycles. The zero-order valence-corrected chi connectivity index (χ0v) is 11.0. The number of anilines is 1. The third kappa shape index (κ3) is 2.82. The Morgan fingerprint density at radius 1 is 1.28 bits per heavy atom. The van der Waals surface area contributed by atoms with E-state index in [0.29, 0.717) is 0 Å². The molecule has 1 saturated heterocycles. The highest BCUT2D eigenvalue weighted by atomic mass is 16.5. The number of amides is 1. The second kappa shape index (κ2) is 5.87. The summed E-state index contributed by atoms with van der Waals surface area (Å²) in [4.78, 5) is 14.1. The monoisotopic (exact) mass is 248 g/mol. The summed E-state index contributed by atoms with van der Waals surface area (Å²) in [5.74, 6) is 0.948. The molecule has 1 aromatic rings. The molecule has 1 unspecified atom stereocenters. The van der Waals surface area contributed by atoms with E-state index in [1.165, 1.54) is 0 Å². The summed E-state index contributed by atoms with van der Waals surface area (Å²) in [6.45, 7) is 3.63. The van der Waals surface area contributed by atoms with Crippen molar-refractivity contribution in [1.29, 1.82) is 0 Å². The van der Waals surface area contributed by atoms with Crippen molar-refractivity contribution in [3.63, 3.8) is 0 Å². The van der Waals surface area contributed by atoms with Gasteiger partial charge >= 0.3 is 0 Å². The van der Waals surface area contributed by atoms with Crippen LogP contribution in [0.2, 0.25) is 0 Å². The predicted octanol–water partition coefficient (Wildman–Crippen LogP) is 1.80. The van der Waals surface area contributed by atoms with Crippen LogP contribution >= 0.6 is 0 Å². The molecule has 1 aliphatic heterocycles. The van der Waals surface area contributed by atoms with Gasteiger partial charge in [0.1, 0.15) is 5.75 Å². The van der Waals surface area contributed by atoms with Crippen LogP contribution in [0.15, 0.2) is 24.3 Å². The van der Waals surface area contributed by atoms with E-state index in [1.807, 2.05) is 36.1 Å². The molecule has 0 saturated carbocycles. The van der Waals surface area contributed by atoms with Gasteiger partial charge in [0.05, 0.1) is 13.2 Å². The minimum Gasteiger partial charge on any atom is -0.497 e. The molecule has 1 amide bonds. The molecule has 0 spiro atoms. The van der Waals surface area contributed by atoms with Crippen molar-refractivity contribution < 1.29 is 9.53 Å². The number of hydrogen-bond donors (Lipinski definition) is 1. The average Bonchev–Trinajstić information content (AvgIpc) is 2.40. The Kier molecular flexibility index (Phi) is 4.20. The van der Waals surface area contributed by atoms with Crippen molar-refractivity contribution in [2.24, 2.45) is 0 Å². The van der Waals surface area contributed by atoms with Crippen LogP contribution in [0.1, 0.15) is 19.8 Å². The number of nitrogens with zero attached hydrogens (tertiary/aromatic N) is 1. The third-order valence-corrected chi connectivity index (χ3v) is 3.28. The second-order valence-corrected chi connectivity index (χ2v) is 4.57. The summed E-state index contributed by atoms with van der Waals surface area (Å²) in [5, 5.41) is 3.24. The Morgan fingerprint density at radius 2 is 2.00 bits per heavy atom. The van der Waals surface area contributed by atoms with Crippen LogP contribution in [-0.2, 0) is 4.79 Å². The topological polar surface area (TPSA) is 41.6 Å². The highest BCUT2D eigenvalue weighted by molar-refractivity contribution is 5.97. The van der Waals surface area contributed by atoms with Crippen molar-refractivity contribution in [3.8, 4) is 5.75 Å². The van der Waals surface area contributed by atoms with Gasteiger partial charge in [-0.25, -0.2) is 0 Å². The molecule has 1 aliphatic rings. The maximum absolute atomic E-state index is 12.3. The summed E-state index contributed by atoms with van der Waals surface area (Å²) in [6.07, 6.45) is 2.13.